The predicted molar refractivity (Wildman–Crippen MR) is 75.6 cm³/mol. The van der Waals surface area contributed by atoms with Crippen molar-refractivity contribution < 1.29 is 14.3 Å². The molecule has 0 aliphatic heterocycles. The highest BCUT2D eigenvalue weighted by Gasteiger charge is 2.17. The lowest BCUT2D eigenvalue weighted by molar-refractivity contribution is -0.139. The number of ether oxygens (including phenoxy) is 1. The number of methoxy groups -OCH3 is 1. The summed E-state index contributed by atoms with van der Waals surface area (Å²) in [5.41, 5.74) is 0. The Bertz CT molecular complexity index is 444. The third kappa shape index (κ3) is 4.16. The Morgan fingerprint density at radius 1 is 1.32 bits per heavy atom. The third-order valence-electron chi connectivity index (χ3n) is 3.74. The van der Waals surface area contributed by atoms with E-state index >= 15 is 0 Å². The molecule has 3 nitrogen and oxygen atoms in total. The first-order valence-electron chi connectivity index (χ1n) is 6.87. The first kappa shape index (κ1) is 14.3. The van der Waals surface area contributed by atoms with E-state index in [1.807, 2.05) is 12.1 Å². The van der Waals surface area contributed by atoms with Gasteiger partial charge in [0, 0.05) is 11.3 Å². The lowest BCUT2D eigenvalue weighted by Gasteiger charge is -2.06. The lowest BCUT2D eigenvalue weighted by Crippen LogP contribution is -2.02. The smallest absolute Gasteiger partial charge is 0.310 e. The first-order chi connectivity index (χ1) is 9.19. The van der Waals surface area contributed by atoms with E-state index in [0.717, 1.165) is 22.1 Å². The van der Waals surface area contributed by atoms with Gasteiger partial charge in [-0.15, -0.1) is 11.3 Å². The van der Waals surface area contributed by atoms with E-state index in [0.29, 0.717) is 6.42 Å². The molecule has 0 spiro atoms. The molecule has 0 radical (unpaired) electrons. The number of hydrogen-bond donors (Lipinski definition) is 0. The van der Waals surface area contributed by atoms with Crippen LogP contribution >= 0.6 is 11.3 Å². The maximum atomic E-state index is 12.1. The molecule has 0 unspecified atom stereocenters. The fourth-order valence-electron chi connectivity index (χ4n) is 2.59. The van der Waals surface area contributed by atoms with E-state index in [1.165, 1.54) is 44.1 Å². The maximum absolute atomic E-state index is 12.1. The van der Waals surface area contributed by atoms with Crippen LogP contribution in [-0.2, 0) is 16.0 Å². The van der Waals surface area contributed by atoms with Crippen LogP contribution in [0.3, 0.4) is 0 Å². The van der Waals surface area contributed by atoms with E-state index in [-0.39, 0.29) is 18.2 Å². The second-order valence-corrected chi connectivity index (χ2v) is 6.30. The van der Waals surface area contributed by atoms with Crippen molar-refractivity contribution in [3.63, 3.8) is 0 Å². The van der Waals surface area contributed by atoms with Gasteiger partial charge in [0.2, 0.25) is 0 Å². The Labute approximate surface area is 118 Å². The fraction of sp³-hybridized carbons (Fsp3) is 0.600. The molecule has 1 aromatic rings. The Kier molecular flexibility index (Phi) is 5.14. The van der Waals surface area contributed by atoms with Crippen molar-refractivity contribution in [2.45, 2.75) is 44.9 Å². The van der Waals surface area contributed by atoms with E-state index in [9.17, 15) is 9.59 Å². The third-order valence-corrected chi connectivity index (χ3v) is 4.86. The second kappa shape index (κ2) is 6.85. The quantitative estimate of drug-likeness (QED) is 0.590. The first-order valence-corrected chi connectivity index (χ1v) is 7.69. The Balaban J connectivity index is 1.83. The van der Waals surface area contributed by atoms with Gasteiger partial charge >= 0.3 is 5.97 Å². The van der Waals surface area contributed by atoms with E-state index in [4.69, 9.17) is 0 Å². The summed E-state index contributed by atoms with van der Waals surface area (Å²) in [5, 5.41) is 0. The van der Waals surface area contributed by atoms with Gasteiger partial charge in [-0.25, -0.2) is 0 Å². The second-order valence-electron chi connectivity index (χ2n) is 5.13. The number of thiophene rings is 1. The summed E-state index contributed by atoms with van der Waals surface area (Å²) in [5.74, 6) is 0.707. The topological polar surface area (TPSA) is 43.4 Å². The number of hydrogen-bond acceptors (Lipinski definition) is 4. The molecule has 1 aliphatic carbocycles. The van der Waals surface area contributed by atoms with Crippen LogP contribution in [0.4, 0.5) is 0 Å². The van der Waals surface area contributed by atoms with Crippen LogP contribution in [0.2, 0.25) is 0 Å². The molecule has 1 saturated carbocycles. The zero-order chi connectivity index (χ0) is 13.7. The molecule has 19 heavy (non-hydrogen) atoms. The minimum Gasteiger partial charge on any atom is -0.469 e. The zero-order valence-corrected chi connectivity index (χ0v) is 12.1. The van der Waals surface area contributed by atoms with E-state index in [1.54, 1.807) is 0 Å². The highest BCUT2D eigenvalue weighted by Crippen LogP contribution is 2.29. The number of ketones is 1. The van der Waals surface area contributed by atoms with Crippen LogP contribution in [0.25, 0.3) is 0 Å². The van der Waals surface area contributed by atoms with Crippen LogP contribution in [0.5, 0.6) is 0 Å². The van der Waals surface area contributed by atoms with Crippen LogP contribution in [0.1, 0.15) is 53.1 Å². The minimum absolute atomic E-state index is 0.216. The number of Topliss-reactive ketones (excluding diaryl/α,β-unsaturated/α-hetero) is 1. The summed E-state index contributed by atoms with van der Waals surface area (Å²) in [4.78, 5) is 24.9. The van der Waals surface area contributed by atoms with Gasteiger partial charge in [0.15, 0.2) is 5.78 Å². The van der Waals surface area contributed by atoms with Gasteiger partial charge in [-0.2, -0.15) is 0 Å². The molecule has 104 valence electrons. The molecule has 1 fully saturated rings. The van der Waals surface area contributed by atoms with Crippen molar-refractivity contribution >= 4 is 23.1 Å². The summed E-state index contributed by atoms with van der Waals surface area (Å²) in [6.45, 7) is 0. The number of carbonyl (C=O) groups excluding carboxylic acids is 2. The van der Waals surface area contributed by atoms with Gasteiger partial charge in [0.05, 0.1) is 18.4 Å². The van der Waals surface area contributed by atoms with Gasteiger partial charge in [-0.05, 0) is 24.5 Å². The number of esters is 1. The highest BCUT2D eigenvalue weighted by molar-refractivity contribution is 7.14. The van der Waals surface area contributed by atoms with Crippen LogP contribution < -0.4 is 0 Å². The van der Waals surface area contributed by atoms with Gasteiger partial charge in [-0.1, -0.05) is 25.7 Å². The number of rotatable bonds is 6. The molecular formula is C15H20O3S. The average molecular weight is 280 g/mol. The van der Waals surface area contributed by atoms with E-state index < -0.39 is 0 Å². The van der Waals surface area contributed by atoms with Gasteiger partial charge in [-0.3, -0.25) is 9.59 Å². The summed E-state index contributed by atoms with van der Waals surface area (Å²) >= 11 is 1.42. The van der Waals surface area contributed by atoms with Crippen LogP contribution in [0.15, 0.2) is 12.1 Å². The summed E-state index contributed by atoms with van der Waals surface area (Å²) in [7, 11) is 1.38. The van der Waals surface area contributed by atoms with Crippen molar-refractivity contribution in [2.24, 2.45) is 5.92 Å². The molecule has 0 saturated heterocycles. The molecule has 4 heteroatoms. The molecule has 2 rings (SSSR count). The molecule has 0 atom stereocenters. The van der Waals surface area contributed by atoms with Crippen molar-refractivity contribution in [3.05, 3.63) is 21.9 Å². The largest absolute Gasteiger partial charge is 0.469 e. The summed E-state index contributed by atoms with van der Waals surface area (Å²) in [6, 6.07) is 3.68. The van der Waals surface area contributed by atoms with Crippen molar-refractivity contribution in [1.82, 2.24) is 0 Å². The van der Waals surface area contributed by atoms with Crippen molar-refractivity contribution in [3.8, 4) is 0 Å². The Morgan fingerprint density at radius 2 is 2.05 bits per heavy atom. The molecule has 0 amide bonds. The highest BCUT2D eigenvalue weighted by atomic mass is 32.1. The summed E-state index contributed by atoms with van der Waals surface area (Å²) in [6.07, 6.45) is 7.13. The number of carbonyl (C=O) groups is 2. The standard InChI is InChI=1S/C15H20O3S/c1-18-15(17)10-12-7-9-14(19-12)13(16)8-6-11-4-2-3-5-11/h7,9,11H,2-6,8,10H2,1H3. The fourth-order valence-corrected chi connectivity index (χ4v) is 3.56. The van der Waals surface area contributed by atoms with Crippen molar-refractivity contribution in [2.75, 3.05) is 7.11 Å². The SMILES string of the molecule is COC(=O)Cc1ccc(C(=O)CCC2CCCC2)s1. The maximum Gasteiger partial charge on any atom is 0.310 e. The molecule has 0 aromatic carbocycles. The van der Waals surface area contributed by atoms with Crippen LogP contribution in [0, 0.1) is 5.92 Å². The molecular weight excluding hydrogens is 260 g/mol. The monoisotopic (exact) mass is 280 g/mol. The van der Waals surface area contributed by atoms with E-state index in [2.05, 4.69) is 4.74 Å². The predicted octanol–water partition coefficient (Wildman–Crippen LogP) is 3.62. The average Bonchev–Trinajstić information content (AvgIpc) is 3.07. The Morgan fingerprint density at radius 3 is 2.74 bits per heavy atom. The lowest BCUT2D eigenvalue weighted by atomic mass is 10.00. The summed E-state index contributed by atoms with van der Waals surface area (Å²) < 4.78 is 4.62. The normalized spacial score (nSPS) is 15.6. The molecule has 1 heterocycles. The molecule has 0 bridgehead atoms. The zero-order valence-electron chi connectivity index (χ0n) is 11.3. The molecule has 0 N–H and O–H groups in total. The van der Waals surface area contributed by atoms with Crippen molar-refractivity contribution in [1.29, 1.82) is 0 Å². The van der Waals surface area contributed by atoms with Gasteiger partial charge in [0.25, 0.3) is 0 Å². The van der Waals surface area contributed by atoms with Gasteiger partial charge < -0.3 is 4.74 Å². The minimum atomic E-state index is -0.258. The molecule has 1 aliphatic rings. The Hall–Kier alpha value is -1.16. The van der Waals surface area contributed by atoms with Crippen LogP contribution in [-0.4, -0.2) is 18.9 Å². The molecule has 1 aromatic heterocycles. The van der Waals surface area contributed by atoms with Gasteiger partial charge in [0.1, 0.15) is 0 Å².